The highest BCUT2D eigenvalue weighted by Crippen LogP contribution is 2.15. The summed E-state index contributed by atoms with van der Waals surface area (Å²) in [6, 6.07) is 7.31. The monoisotopic (exact) mass is 318 g/mol. The van der Waals surface area contributed by atoms with E-state index < -0.39 is 0 Å². The van der Waals surface area contributed by atoms with Crippen LogP contribution in [0.3, 0.4) is 0 Å². The maximum atomic E-state index is 11.9. The number of amides is 2. The number of hydrogen-bond donors (Lipinski definition) is 2. The number of aryl methyl sites for hydroxylation is 2. The topological polar surface area (TPSA) is 84.0 Å². The van der Waals surface area contributed by atoms with E-state index in [0.717, 1.165) is 17.0 Å². The van der Waals surface area contributed by atoms with Crippen molar-refractivity contribution in [2.45, 2.75) is 26.7 Å². The van der Waals surface area contributed by atoms with Gasteiger partial charge in [-0.15, -0.1) is 10.2 Å². The van der Waals surface area contributed by atoms with Crippen LogP contribution in [0, 0.1) is 6.92 Å². The van der Waals surface area contributed by atoms with Crippen LogP contribution in [0.5, 0.6) is 0 Å². The van der Waals surface area contributed by atoms with Crippen LogP contribution in [0.25, 0.3) is 0 Å². The van der Waals surface area contributed by atoms with Crippen LogP contribution in [0.4, 0.5) is 5.13 Å². The SMILES string of the molecule is CCc1nnc(NC(=O)CCNC(=O)c2cccc(C)c2)s1. The molecule has 0 bridgehead atoms. The summed E-state index contributed by atoms with van der Waals surface area (Å²) >= 11 is 1.36. The highest BCUT2D eigenvalue weighted by molar-refractivity contribution is 7.15. The van der Waals surface area contributed by atoms with Crippen molar-refractivity contribution in [2.24, 2.45) is 0 Å². The normalized spacial score (nSPS) is 10.3. The van der Waals surface area contributed by atoms with E-state index in [4.69, 9.17) is 0 Å². The van der Waals surface area contributed by atoms with Gasteiger partial charge in [-0.05, 0) is 25.5 Å². The van der Waals surface area contributed by atoms with Gasteiger partial charge in [-0.3, -0.25) is 9.59 Å². The fraction of sp³-hybridized carbons (Fsp3) is 0.333. The second-order valence-electron chi connectivity index (χ2n) is 4.78. The summed E-state index contributed by atoms with van der Waals surface area (Å²) < 4.78 is 0. The van der Waals surface area contributed by atoms with Gasteiger partial charge in [0, 0.05) is 18.5 Å². The molecule has 2 amide bonds. The molecule has 116 valence electrons. The minimum Gasteiger partial charge on any atom is -0.352 e. The summed E-state index contributed by atoms with van der Waals surface area (Å²) in [5.41, 5.74) is 1.62. The summed E-state index contributed by atoms with van der Waals surface area (Å²) in [6.45, 7) is 4.18. The Morgan fingerprint density at radius 1 is 1.27 bits per heavy atom. The van der Waals surface area contributed by atoms with E-state index in [1.165, 1.54) is 11.3 Å². The van der Waals surface area contributed by atoms with Gasteiger partial charge in [-0.25, -0.2) is 0 Å². The standard InChI is InChI=1S/C15H18N4O2S/c1-3-13-18-19-15(22-13)17-12(20)7-8-16-14(21)11-6-4-5-10(2)9-11/h4-6,9H,3,7-8H2,1-2H3,(H,16,21)(H,17,19,20). The summed E-state index contributed by atoms with van der Waals surface area (Å²) in [7, 11) is 0. The third-order valence-electron chi connectivity index (χ3n) is 2.93. The predicted molar refractivity (Wildman–Crippen MR) is 86.0 cm³/mol. The van der Waals surface area contributed by atoms with Crippen molar-refractivity contribution in [2.75, 3.05) is 11.9 Å². The van der Waals surface area contributed by atoms with Gasteiger partial charge in [0.2, 0.25) is 11.0 Å². The van der Waals surface area contributed by atoms with Crippen molar-refractivity contribution in [1.29, 1.82) is 0 Å². The van der Waals surface area contributed by atoms with Crippen molar-refractivity contribution in [1.82, 2.24) is 15.5 Å². The Morgan fingerprint density at radius 2 is 2.09 bits per heavy atom. The Kier molecular flexibility index (Phi) is 5.60. The smallest absolute Gasteiger partial charge is 0.251 e. The summed E-state index contributed by atoms with van der Waals surface area (Å²) in [6.07, 6.45) is 0.985. The first-order valence-electron chi connectivity index (χ1n) is 7.05. The number of rotatable bonds is 6. The number of benzene rings is 1. The van der Waals surface area contributed by atoms with E-state index >= 15 is 0 Å². The van der Waals surface area contributed by atoms with Gasteiger partial charge in [0.1, 0.15) is 5.01 Å². The molecular weight excluding hydrogens is 300 g/mol. The Hall–Kier alpha value is -2.28. The number of carbonyl (C=O) groups is 2. The Morgan fingerprint density at radius 3 is 2.77 bits per heavy atom. The molecule has 2 aromatic rings. The van der Waals surface area contributed by atoms with Gasteiger partial charge in [0.25, 0.3) is 5.91 Å². The van der Waals surface area contributed by atoms with E-state index in [-0.39, 0.29) is 24.8 Å². The molecule has 0 unspecified atom stereocenters. The number of hydrogen-bond acceptors (Lipinski definition) is 5. The van der Waals surface area contributed by atoms with Crippen LogP contribution in [-0.4, -0.2) is 28.6 Å². The van der Waals surface area contributed by atoms with Crippen LogP contribution in [0.15, 0.2) is 24.3 Å². The molecule has 0 fully saturated rings. The second-order valence-corrected chi connectivity index (χ2v) is 5.84. The third kappa shape index (κ3) is 4.63. The lowest BCUT2D eigenvalue weighted by molar-refractivity contribution is -0.116. The zero-order chi connectivity index (χ0) is 15.9. The van der Waals surface area contributed by atoms with Gasteiger partial charge in [0.05, 0.1) is 0 Å². The van der Waals surface area contributed by atoms with E-state index in [1.54, 1.807) is 6.07 Å². The quantitative estimate of drug-likeness (QED) is 0.855. The van der Waals surface area contributed by atoms with Crippen molar-refractivity contribution >= 4 is 28.3 Å². The molecule has 1 heterocycles. The fourth-order valence-corrected chi connectivity index (χ4v) is 2.50. The first-order valence-corrected chi connectivity index (χ1v) is 7.87. The number of nitrogens with zero attached hydrogens (tertiary/aromatic N) is 2. The van der Waals surface area contributed by atoms with E-state index in [9.17, 15) is 9.59 Å². The molecule has 6 nitrogen and oxygen atoms in total. The molecule has 7 heteroatoms. The molecule has 22 heavy (non-hydrogen) atoms. The number of aromatic nitrogens is 2. The molecule has 0 saturated heterocycles. The van der Waals surface area contributed by atoms with Gasteiger partial charge >= 0.3 is 0 Å². The zero-order valence-electron chi connectivity index (χ0n) is 12.5. The maximum Gasteiger partial charge on any atom is 0.251 e. The second kappa shape index (κ2) is 7.65. The Bertz CT molecular complexity index is 669. The summed E-state index contributed by atoms with van der Waals surface area (Å²) in [5, 5.41) is 14.6. The predicted octanol–water partition coefficient (Wildman–Crippen LogP) is 2.17. The molecule has 2 rings (SSSR count). The molecule has 0 aliphatic heterocycles. The minimum atomic E-state index is -0.191. The summed E-state index contributed by atoms with van der Waals surface area (Å²) in [4.78, 5) is 23.7. The van der Waals surface area contributed by atoms with Gasteiger partial charge in [0.15, 0.2) is 0 Å². The maximum absolute atomic E-state index is 11.9. The lowest BCUT2D eigenvalue weighted by Gasteiger charge is -2.05. The van der Waals surface area contributed by atoms with Gasteiger partial charge < -0.3 is 10.6 Å². The lowest BCUT2D eigenvalue weighted by atomic mass is 10.1. The van der Waals surface area contributed by atoms with E-state index in [0.29, 0.717) is 10.7 Å². The van der Waals surface area contributed by atoms with Crippen molar-refractivity contribution in [3.05, 3.63) is 40.4 Å². The van der Waals surface area contributed by atoms with E-state index in [2.05, 4.69) is 20.8 Å². The Labute approximate surface area is 133 Å². The van der Waals surface area contributed by atoms with Crippen LogP contribution in [0.1, 0.15) is 34.3 Å². The first kappa shape index (κ1) is 16.1. The molecule has 2 N–H and O–H groups in total. The van der Waals surface area contributed by atoms with Crippen LogP contribution in [-0.2, 0) is 11.2 Å². The molecule has 0 radical (unpaired) electrons. The minimum absolute atomic E-state index is 0.180. The summed E-state index contributed by atoms with van der Waals surface area (Å²) in [5.74, 6) is -0.371. The average molecular weight is 318 g/mol. The molecule has 1 aromatic heterocycles. The molecule has 0 aliphatic carbocycles. The molecule has 0 saturated carbocycles. The van der Waals surface area contributed by atoms with Crippen LogP contribution >= 0.6 is 11.3 Å². The van der Waals surface area contributed by atoms with Crippen molar-refractivity contribution < 1.29 is 9.59 Å². The molecule has 0 atom stereocenters. The molecule has 1 aromatic carbocycles. The first-order chi connectivity index (χ1) is 10.6. The largest absolute Gasteiger partial charge is 0.352 e. The molecular formula is C15H18N4O2S. The van der Waals surface area contributed by atoms with Crippen molar-refractivity contribution in [3.63, 3.8) is 0 Å². The number of anilines is 1. The van der Waals surface area contributed by atoms with Crippen LogP contribution in [0.2, 0.25) is 0 Å². The van der Waals surface area contributed by atoms with Gasteiger partial charge in [-0.1, -0.05) is 36.0 Å². The fourth-order valence-electron chi connectivity index (χ4n) is 1.81. The lowest BCUT2D eigenvalue weighted by Crippen LogP contribution is -2.27. The van der Waals surface area contributed by atoms with Crippen LogP contribution < -0.4 is 10.6 Å². The Balaban J connectivity index is 1.76. The third-order valence-corrected chi connectivity index (χ3v) is 3.92. The van der Waals surface area contributed by atoms with Crippen molar-refractivity contribution in [3.8, 4) is 0 Å². The van der Waals surface area contributed by atoms with E-state index in [1.807, 2.05) is 32.0 Å². The molecule has 0 spiro atoms. The number of nitrogens with one attached hydrogen (secondary N) is 2. The highest BCUT2D eigenvalue weighted by atomic mass is 32.1. The van der Waals surface area contributed by atoms with Gasteiger partial charge in [-0.2, -0.15) is 0 Å². The zero-order valence-corrected chi connectivity index (χ0v) is 13.4. The highest BCUT2D eigenvalue weighted by Gasteiger charge is 2.09. The average Bonchev–Trinajstić information content (AvgIpc) is 2.94. The molecule has 0 aliphatic rings. The number of carbonyl (C=O) groups excluding carboxylic acids is 2.